The van der Waals surface area contributed by atoms with Crippen LogP contribution >= 0.6 is 0 Å². The van der Waals surface area contributed by atoms with Crippen LogP contribution in [0.25, 0.3) is 11.1 Å². The molecule has 0 fully saturated rings. The average molecular weight is 448 g/mol. The van der Waals surface area contributed by atoms with Gasteiger partial charge in [-0.25, -0.2) is 0 Å². The molecule has 0 radical (unpaired) electrons. The minimum Gasteiger partial charge on any atom is -1.00 e. The second kappa shape index (κ2) is 12.2. The minimum atomic E-state index is 0. The van der Waals surface area contributed by atoms with E-state index >= 15 is 0 Å². The van der Waals surface area contributed by atoms with Gasteiger partial charge in [0.25, 0.3) is 0 Å². The summed E-state index contributed by atoms with van der Waals surface area (Å²) in [5, 5.41) is 9.18. The second-order valence-electron chi connectivity index (χ2n) is 7.20. The molecule has 3 aromatic carbocycles. The molecule has 4 heteroatoms. The molecule has 0 unspecified atom stereocenters. The third-order valence-corrected chi connectivity index (χ3v) is 4.33. The van der Waals surface area contributed by atoms with Crippen LogP contribution in [-0.2, 0) is 31.8 Å². The number of aromatic hydroxyl groups is 1. The van der Waals surface area contributed by atoms with Gasteiger partial charge in [0.2, 0.25) is 0 Å². The van der Waals surface area contributed by atoms with Crippen LogP contribution in [0.1, 0.15) is 37.5 Å². The van der Waals surface area contributed by atoms with Crippen LogP contribution in [0.2, 0.25) is 0 Å². The summed E-state index contributed by atoms with van der Waals surface area (Å²) in [6.45, 7) is 6.38. The molecule has 28 heavy (non-hydrogen) atoms. The smallest absolute Gasteiger partial charge is 0.0253 e. The molecular weight excluding hydrogens is 423 g/mol. The summed E-state index contributed by atoms with van der Waals surface area (Å²) < 4.78 is 0. The van der Waals surface area contributed by atoms with Crippen molar-refractivity contribution in [1.29, 1.82) is 0 Å². The predicted octanol–water partition coefficient (Wildman–Crippen LogP) is -0.279. The first-order valence-electron chi connectivity index (χ1n) is 8.68. The van der Waals surface area contributed by atoms with Gasteiger partial charge < -0.3 is 29.9 Å². The summed E-state index contributed by atoms with van der Waals surface area (Å²) in [7, 11) is 0. The van der Waals surface area contributed by atoms with Crippen molar-refractivity contribution in [2.75, 3.05) is 0 Å². The van der Waals surface area contributed by atoms with Gasteiger partial charge in [0, 0.05) is 0 Å². The molecule has 1 aliphatic carbocycles. The fourth-order valence-corrected chi connectivity index (χ4v) is 2.97. The van der Waals surface area contributed by atoms with Crippen molar-refractivity contribution >= 4 is 4.82 Å². The maximum atomic E-state index is 9.18. The third-order valence-electron chi connectivity index (χ3n) is 4.33. The van der Waals surface area contributed by atoms with Crippen molar-refractivity contribution in [1.82, 2.24) is 0 Å². The first-order chi connectivity index (χ1) is 12.4. The summed E-state index contributed by atoms with van der Waals surface area (Å²) in [5.74, 6) is 0.345. The van der Waals surface area contributed by atoms with Gasteiger partial charge in [-0.2, -0.15) is 29.8 Å². The van der Waals surface area contributed by atoms with Crippen LogP contribution in [-0.4, -0.2) is 9.92 Å². The van der Waals surface area contributed by atoms with Gasteiger partial charge in [-0.15, -0.1) is 5.56 Å². The molecule has 0 saturated carbocycles. The van der Waals surface area contributed by atoms with Crippen molar-refractivity contribution in [2.24, 2.45) is 0 Å². The Kier molecular flexibility index (Phi) is 11.6. The Morgan fingerprint density at radius 3 is 2.14 bits per heavy atom. The topological polar surface area (TPSA) is 20.2 Å². The molecule has 4 rings (SSSR count). The Hall–Kier alpha value is -1.38. The zero-order chi connectivity index (χ0) is 19.2. The van der Waals surface area contributed by atoms with Crippen LogP contribution in [0.3, 0.4) is 0 Å². The van der Waals surface area contributed by atoms with E-state index in [9.17, 15) is 5.11 Å². The van der Waals surface area contributed by atoms with Crippen LogP contribution < -0.4 is 24.8 Å². The fourth-order valence-electron chi connectivity index (χ4n) is 2.97. The van der Waals surface area contributed by atoms with Crippen molar-refractivity contribution in [3.8, 4) is 16.9 Å². The number of hydrogen-bond donors (Lipinski definition) is 1. The van der Waals surface area contributed by atoms with E-state index in [-0.39, 0.29) is 30.2 Å². The maximum Gasteiger partial charge on any atom is -0.0253 e. The van der Waals surface area contributed by atoms with Gasteiger partial charge in [0.05, 0.1) is 0 Å². The van der Waals surface area contributed by atoms with Gasteiger partial charge in [-0.05, 0) is 29.5 Å². The number of hydrogen-bond acceptors (Lipinski definition) is 1. The summed E-state index contributed by atoms with van der Waals surface area (Å²) in [5.41, 5.74) is 6.80. The van der Waals surface area contributed by atoms with E-state index < -0.39 is 0 Å². The molecule has 1 nitrogen and oxygen atoms in total. The van der Waals surface area contributed by atoms with Crippen LogP contribution in [0.5, 0.6) is 5.75 Å². The van der Waals surface area contributed by atoms with E-state index in [0.29, 0.717) is 5.75 Å². The molecule has 0 bridgehead atoms. The van der Waals surface area contributed by atoms with Crippen molar-refractivity contribution < 1.29 is 49.9 Å². The number of halogens is 2. The zero-order valence-corrected chi connectivity index (χ0v) is 19.5. The first-order valence-corrected chi connectivity index (χ1v) is 9.78. The molecule has 0 spiro atoms. The Balaban J connectivity index is 0.000000455. The molecular formula is C24H25Cl2OTi-2. The van der Waals surface area contributed by atoms with Crippen molar-refractivity contribution in [3.05, 3.63) is 89.5 Å². The van der Waals surface area contributed by atoms with E-state index in [4.69, 9.17) is 0 Å². The molecule has 1 aliphatic rings. The maximum absolute atomic E-state index is 9.18. The average Bonchev–Trinajstić information content (AvgIpc) is 3.02. The summed E-state index contributed by atoms with van der Waals surface area (Å²) in [6, 6.07) is 25.5. The monoisotopic (exact) mass is 447 g/mol. The number of fused-ring (bicyclic) bond motifs is 3. The quantitative estimate of drug-likeness (QED) is 0.290. The van der Waals surface area contributed by atoms with Gasteiger partial charge >= 0.3 is 24.8 Å². The first kappa shape index (κ1) is 26.6. The van der Waals surface area contributed by atoms with Crippen LogP contribution in [0.4, 0.5) is 0 Å². The standard InChI is InChI=1S/C13H9.C10H14O.CH2.2ClH.Ti/c1-3-7-12-10(5-1)9-11-6-2-4-8-13(11)12;1-10(2,3)8-5-4-6-9(11)7-8;;;;/h1-5,7-8H,9H2;4-7,11H,1-3H3;1H2;2*1H;/q-1;;;;;+1/p-2. The van der Waals surface area contributed by atoms with Crippen molar-refractivity contribution in [2.45, 2.75) is 32.6 Å². The van der Waals surface area contributed by atoms with E-state index in [1.165, 1.54) is 22.3 Å². The Bertz CT molecular complexity index is 829. The fraction of sp³-hybridized carbons (Fsp3) is 0.208. The Morgan fingerprint density at radius 1 is 0.893 bits per heavy atom. The Labute approximate surface area is 192 Å². The van der Waals surface area contributed by atoms with Crippen LogP contribution in [0, 0.1) is 6.07 Å². The van der Waals surface area contributed by atoms with E-state index in [0.717, 1.165) is 12.0 Å². The predicted molar refractivity (Wildman–Crippen MR) is 107 cm³/mol. The minimum absolute atomic E-state index is 0. The number of rotatable bonds is 0. The van der Waals surface area contributed by atoms with Gasteiger partial charge in [-0.3, -0.25) is 0 Å². The SMILES string of the molecule is CC(C)(C)c1cccc(O)c1.[CH2]=[Ti+].[Cl-].[Cl-].[c-]1cccc2c1Cc1ccccc1-2. The summed E-state index contributed by atoms with van der Waals surface area (Å²) in [6.07, 6.45) is 1.05. The molecule has 0 saturated heterocycles. The van der Waals surface area contributed by atoms with E-state index in [2.05, 4.69) is 68.1 Å². The number of phenols is 1. The van der Waals surface area contributed by atoms with Crippen LogP contribution in [0.15, 0.2) is 66.7 Å². The largest absolute Gasteiger partial charge is 1.00 e. The molecule has 3 aromatic rings. The zero-order valence-electron chi connectivity index (χ0n) is 16.5. The molecule has 0 aromatic heterocycles. The van der Waals surface area contributed by atoms with Gasteiger partial charge in [-0.1, -0.05) is 68.3 Å². The number of phenolic OH excluding ortho intramolecular Hbond substituents is 1. The molecule has 1 N–H and O–H groups in total. The van der Waals surface area contributed by atoms with Gasteiger partial charge in [0.1, 0.15) is 5.75 Å². The normalized spacial score (nSPS) is 10.5. The molecule has 147 valence electrons. The van der Waals surface area contributed by atoms with Crippen molar-refractivity contribution in [3.63, 3.8) is 0 Å². The van der Waals surface area contributed by atoms with E-state index in [1.54, 1.807) is 32.1 Å². The molecule has 0 atom stereocenters. The van der Waals surface area contributed by atoms with Gasteiger partial charge in [0.15, 0.2) is 0 Å². The Morgan fingerprint density at radius 2 is 1.54 bits per heavy atom. The third kappa shape index (κ3) is 6.90. The van der Waals surface area contributed by atoms with E-state index in [1.807, 2.05) is 18.2 Å². The second-order valence-corrected chi connectivity index (χ2v) is 7.20. The number of benzene rings is 3. The summed E-state index contributed by atoms with van der Waals surface area (Å²) >= 11 is 1.75. The molecule has 0 heterocycles. The summed E-state index contributed by atoms with van der Waals surface area (Å²) in [4.78, 5) is 3.25. The molecule has 0 aliphatic heterocycles. The molecule has 0 amide bonds.